The first-order chi connectivity index (χ1) is 9.05. The highest BCUT2D eigenvalue weighted by molar-refractivity contribution is 5.83. The lowest BCUT2D eigenvalue weighted by Crippen LogP contribution is -2.27. The predicted octanol–water partition coefficient (Wildman–Crippen LogP) is 3.13. The van der Waals surface area contributed by atoms with Crippen LogP contribution in [0, 0.1) is 0 Å². The number of anilines is 1. The molecule has 5 heteroatoms. The van der Waals surface area contributed by atoms with Crippen molar-refractivity contribution in [3.8, 4) is 0 Å². The molecule has 1 aromatic heterocycles. The first-order valence-corrected chi connectivity index (χ1v) is 6.73. The number of aromatic nitrogens is 1. The van der Waals surface area contributed by atoms with Gasteiger partial charge in [-0.1, -0.05) is 6.07 Å². The second-order valence-electron chi connectivity index (χ2n) is 6.45. The normalized spacial score (nSPS) is 12.1. The van der Waals surface area contributed by atoms with Crippen molar-refractivity contribution in [2.24, 2.45) is 0 Å². The predicted molar refractivity (Wildman–Crippen MR) is 78.7 cm³/mol. The number of carbonyl (C=O) groups excluding carboxylic acids is 1. The van der Waals surface area contributed by atoms with Crippen LogP contribution in [0.15, 0.2) is 18.2 Å². The zero-order valence-corrected chi connectivity index (χ0v) is 12.9. The van der Waals surface area contributed by atoms with Crippen LogP contribution >= 0.6 is 0 Å². The Morgan fingerprint density at radius 2 is 1.95 bits per heavy atom. The minimum Gasteiger partial charge on any atom is -0.444 e. The fraction of sp³-hybridized carbons (Fsp3) is 0.600. The Morgan fingerprint density at radius 1 is 1.30 bits per heavy atom. The van der Waals surface area contributed by atoms with Crippen LogP contribution in [-0.4, -0.2) is 27.4 Å². The van der Waals surface area contributed by atoms with Gasteiger partial charge in [0.2, 0.25) is 0 Å². The van der Waals surface area contributed by atoms with E-state index in [1.165, 1.54) is 0 Å². The third-order valence-electron chi connectivity index (χ3n) is 2.43. The van der Waals surface area contributed by atoms with Crippen LogP contribution in [0.1, 0.15) is 46.7 Å². The Labute approximate surface area is 120 Å². The van der Waals surface area contributed by atoms with Crippen LogP contribution in [-0.2, 0) is 11.2 Å². The highest BCUT2D eigenvalue weighted by Gasteiger charge is 2.17. The molecular formula is C15H24N2O3. The molecule has 0 saturated carbocycles. The van der Waals surface area contributed by atoms with Gasteiger partial charge in [-0.05, 0) is 59.6 Å². The third-order valence-corrected chi connectivity index (χ3v) is 2.43. The van der Waals surface area contributed by atoms with Crippen molar-refractivity contribution in [2.45, 2.75) is 58.7 Å². The van der Waals surface area contributed by atoms with Gasteiger partial charge in [0.15, 0.2) is 0 Å². The second kappa shape index (κ2) is 6.22. The molecule has 0 aromatic carbocycles. The Hall–Kier alpha value is -1.62. The van der Waals surface area contributed by atoms with Gasteiger partial charge >= 0.3 is 6.09 Å². The number of hydrogen-bond acceptors (Lipinski definition) is 4. The van der Waals surface area contributed by atoms with Gasteiger partial charge in [0, 0.05) is 5.69 Å². The van der Waals surface area contributed by atoms with Gasteiger partial charge in [0.25, 0.3) is 0 Å². The molecule has 0 radical (unpaired) electrons. The number of nitrogens with one attached hydrogen (secondary N) is 1. The Kier molecular flexibility index (Phi) is 5.11. The van der Waals surface area contributed by atoms with E-state index >= 15 is 0 Å². The van der Waals surface area contributed by atoms with Crippen LogP contribution in [0.25, 0.3) is 0 Å². The maximum Gasteiger partial charge on any atom is 0.413 e. The van der Waals surface area contributed by atoms with E-state index in [1.54, 1.807) is 40.7 Å². The number of aryl methyl sites for hydroxylation is 1. The lowest BCUT2D eigenvalue weighted by molar-refractivity contribution is 0.0633. The van der Waals surface area contributed by atoms with Gasteiger partial charge in [-0.15, -0.1) is 0 Å². The van der Waals surface area contributed by atoms with E-state index in [9.17, 15) is 9.90 Å². The summed E-state index contributed by atoms with van der Waals surface area (Å²) in [7, 11) is 0. The summed E-state index contributed by atoms with van der Waals surface area (Å²) in [5, 5.41) is 12.3. The molecule has 0 unspecified atom stereocenters. The van der Waals surface area contributed by atoms with E-state index in [2.05, 4.69) is 10.3 Å². The summed E-state index contributed by atoms with van der Waals surface area (Å²) in [5.41, 5.74) is -0.445. The number of nitrogens with zero attached hydrogens (tertiary/aromatic N) is 1. The number of pyridine rings is 1. The van der Waals surface area contributed by atoms with Crippen molar-refractivity contribution in [1.29, 1.82) is 0 Å². The molecular weight excluding hydrogens is 256 g/mol. The van der Waals surface area contributed by atoms with E-state index in [1.807, 2.05) is 12.1 Å². The number of hydrogen-bond donors (Lipinski definition) is 2. The first kappa shape index (κ1) is 16.4. The average molecular weight is 280 g/mol. The molecule has 0 atom stereocenters. The SMILES string of the molecule is CC(C)(O)CCc1cccc(NC(=O)OC(C)(C)C)n1. The molecule has 0 saturated heterocycles. The first-order valence-electron chi connectivity index (χ1n) is 6.73. The van der Waals surface area contributed by atoms with E-state index in [-0.39, 0.29) is 0 Å². The highest BCUT2D eigenvalue weighted by atomic mass is 16.6. The van der Waals surface area contributed by atoms with E-state index in [0.29, 0.717) is 18.7 Å². The monoisotopic (exact) mass is 280 g/mol. The second-order valence-corrected chi connectivity index (χ2v) is 6.45. The molecule has 1 heterocycles. The maximum atomic E-state index is 11.6. The van der Waals surface area contributed by atoms with Crippen LogP contribution in [0.3, 0.4) is 0 Å². The molecule has 0 aliphatic rings. The average Bonchev–Trinajstić information content (AvgIpc) is 2.23. The number of rotatable bonds is 4. The van der Waals surface area contributed by atoms with Gasteiger partial charge in [0.1, 0.15) is 11.4 Å². The summed E-state index contributed by atoms with van der Waals surface area (Å²) in [6.07, 6.45) is 0.730. The van der Waals surface area contributed by atoms with Crippen LogP contribution < -0.4 is 5.32 Å². The number of carbonyl (C=O) groups is 1. The van der Waals surface area contributed by atoms with Crippen LogP contribution in [0.4, 0.5) is 10.6 Å². The molecule has 0 bridgehead atoms. The molecule has 112 valence electrons. The maximum absolute atomic E-state index is 11.6. The molecule has 20 heavy (non-hydrogen) atoms. The minimum absolute atomic E-state index is 0.451. The lowest BCUT2D eigenvalue weighted by Gasteiger charge is -2.19. The van der Waals surface area contributed by atoms with Crippen molar-refractivity contribution < 1.29 is 14.6 Å². The van der Waals surface area contributed by atoms with Gasteiger partial charge in [-0.3, -0.25) is 5.32 Å². The molecule has 0 aliphatic heterocycles. The zero-order valence-electron chi connectivity index (χ0n) is 12.9. The zero-order chi connectivity index (χ0) is 15.4. The number of ether oxygens (including phenoxy) is 1. The van der Waals surface area contributed by atoms with Crippen molar-refractivity contribution in [3.05, 3.63) is 23.9 Å². The van der Waals surface area contributed by atoms with Gasteiger partial charge in [0.05, 0.1) is 5.60 Å². The summed E-state index contributed by atoms with van der Waals surface area (Å²) in [6.45, 7) is 8.94. The van der Waals surface area contributed by atoms with Crippen molar-refractivity contribution >= 4 is 11.9 Å². The quantitative estimate of drug-likeness (QED) is 0.888. The van der Waals surface area contributed by atoms with Crippen molar-refractivity contribution in [3.63, 3.8) is 0 Å². The van der Waals surface area contributed by atoms with Crippen LogP contribution in [0.2, 0.25) is 0 Å². The summed E-state index contributed by atoms with van der Waals surface area (Å²) in [6, 6.07) is 5.39. The fourth-order valence-electron chi connectivity index (χ4n) is 1.53. The Balaban J connectivity index is 2.62. The van der Waals surface area contributed by atoms with Crippen molar-refractivity contribution in [2.75, 3.05) is 5.32 Å². The molecule has 1 rings (SSSR count). The summed E-state index contributed by atoms with van der Waals surface area (Å²) >= 11 is 0. The summed E-state index contributed by atoms with van der Waals surface area (Å²) in [4.78, 5) is 16.0. The smallest absolute Gasteiger partial charge is 0.413 e. The number of aliphatic hydroxyl groups is 1. The molecule has 2 N–H and O–H groups in total. The minimum atomic E-state index is -0.726. The van der Waals surface area contributed by atoms with Gasteiger partial charge in [-0.25, -0.2) is 9.78 Å². The molecule has 0 fully saturated rings. The largest absolute Gasteiger partial charge is 0.444 e. The molecule has 0 spiro atoms. The van der Waals surface area contributed by atoms with E-state index in [4.69, 9.17) is 4.74 Å². The summed E-state index contributed by atoms with van der Waals surface area (Å²) in [5.74, 6) is 0.451. The van der Waals surface area contributed by atoms with Gasteiger partial charge < -0.3 is 9.84 Å². The molecule has 0 aliphatic carbocycles. The lowest BCUT2D eigenvalue weighted by atomic mass is 10.0. The topological polar surface area (TPSA) is 71.5 Å². The molecule has 5 nitrogen and oxygen atoms in total. The Morgan fingerprint density at radius 3 is 2.50 bits per heavy atom. The molecule has 1 amide bonds. The summed E-state index contributed by atoms with van der Waals surface area (Å²) < 4.78 is 5.17. The number of amides is 1. The van der Waals surface area contributed by atoms with Crippen LogP contribution in [0.5, 0.6) is 0 Å². The molecule has 1 aromatic rings. The van der Waals surface area contributed by atoms with Crippen molar-refractivity contribution in [1.82, 2.24) is 4.98 Å². The van der Waals surface area contributed by atoms with Gasteiger partial charge in [-0.2, -0.15) is 0 Å². The van der Waals surface area contributed by atoms with E-state index in [0.717, 1.165) is 5.69 Å². The third kappa shape index (κ3) is 7.09. The fourth-order valence-corrected chi connectivity index (χ4v) is 1.53. The van der Waals surface area contributed by atoms with E-state index < -0.39 is 17.3 Å². The standard InChI is InChI=1S/C15H24N2O3/c1-14(2,3)20-13(18)17-12-8-6-7-11(16-12)9-10-15(4,5)19/h6-8,19H,9-10H2,1-5H3,(H,16,17,18). The Bertz CT molecular complexity index is 459. The highest BCUT2D eigenvalue weighted by Crippen LogP contribution is 2.14.